The van der Waals surface area contributed by atoms with Gasteiger partial charge >= 0.3 is 6.09 Å². The van der Waals surface area contributed by atoms with Crippen LogP contribution in [0.5, 0.6) is 0 Å². The molecule has 0 aromatic rings. The summed E-state index contributed by atoms with van der Waals surface area (Å²) in [5.74, 6) is 0. The minimum atomic E-state index is -1.23. The second-order valence-corrected chi connectivity index (χ2v) is 0.441. The molecule has 0 aliphatic rings. The third-order valence-electron chi connectivity index (χ3n) is 0.135. The fourth-order valence-electron chi connectivity index (χ4n) is 0. The number of hydrogen-bond acceptors (Lipinski definition) is 1. The first-order valence-electron chi connectivity index (χ1n) is 0.968. The monoisotopic (exact) mass is 73.0 g/mol. The Kier molecular flexibility index (Phi) is 1.21. The van der Waals surface area contributed by atoms with Gasteiger partial charge in [0, 0.05) is 0 Å². The predicted octanol–water partition coefficient (Wildman–Crippen LogP) is 0.365. The fraction of sp³-hybridized carbons (Fsp3) is 0. The molecule has 0 unspecified atom stereocenters. The van der Waals surface area contributed by atoms with Gasteiger partial charge < -0.3 is 5.11 Å². The van der Waals surface area contributed by atoms with E-state index in [2.05, 4.69) is 11.7 Å². The van der Waals surface area contributed by atoms with Crippen LogP contribution in [0.3, 0.4) is 0 Å². The van der Waals surface area contributed by atoms with Crippen LogP contribution in [0, 0.1) is 0 Å². The van der Waals surface area contributed by atoms with E-state index in [0.717, 1.165) is 0 Å². The van der Waals surface area contributed by atoms with Crippen molar-refractivity contribution in [3.63, 3.8) is 0 Å². The minimum absolute atomic E-state index is 1.23. The van der Waals surface area contributed by atoms with E-state index in [1.165, 1.54) is 0 Å². The normalized spacial score (nSPS) is 6.40. The quantitative estimate of drug-likeness (QED) is 0.421. The van der Waals surface area contributed by atoms with Gasteiger partial charge in [-0.1, -0.05) is 0 Å². The van der Waals surface area contributed by atoms with Crippen LogP contribution in [0.2, 0.25) is 0 Å². The summed E-state index contributed by atoms with van der Waals surface area (Å²) in [7, 11) is 0. The van der Waals surface area contributed by atoms with E-state index in [-0.39, 0.29) is 0 Å². The van der Waals surface area contributed by atoms with Crippen LogP contribution in [-0.2, 0) is 0 Å². The van der Waals surface area contributed by atoms with Crippen molar-refractivity contribution < 1.29 is 9.90 Å². The molecule has 0 aliphatic heterocycles. The molecular weight excluding hydrogens is 70.0 g/mol. The summed E-state index contributed by atoms with van der Waals surface area (Å²) in [4.78, 5) is 11.7. The average molecular weight is 73.1 g/mol. The van der Waals surface area contributed by atoms with Crippen molar-refractivity contribution in [2.75, 3.05) is 0 Å². The van der Waals surface area contributed by atoms with Gasteiger partial charge in [0.1, 0.15) is 0 Å². The number of carbonyl (C=O) groups is 1. The first-order valence-corrected chi connectivity index (χ1v) is 0.968. The van der Waals surface area contributed by atoms with E-state index in [0.29, 0.717) is 0 Å². The lowest BCUT2D eigenvalue weighted by Gasteiger charge is -1.64. The third kappa shape index (κ3) is 3.14. The molecular formula is C2H3NO2. The maximum absolute atomic E-state index is 9.14. The van der Waals surface area contributed by atoms with Crippen LogP contribution in [-0.4, -0.2) is 17.9 Å². The average Bonchev–Trinajstić information content (AvgIpc) is 1.38. The van der Waals surface area contributed by atoms with Crippen molar-refractivity contribution in [3.8, 4) is 0 Å². The lowest BCUT2D eigenvalue weighted by atomic mass is 11.2. The Morgan fingerprint density at radius 2 is 2.20 bits per heavy atom. The van der Waals surface area contributed by atoms with Crippen molar-refractivity contribution in [2.45, 2.75) is 0 Å². The number of nitrogens with zero attached hydrogens (tertiary/aromatic N) is 1. The zero-order valence-corrected chi connectivity index (χ0v) is 2.51. The third-order valence-corrected chi connectivity index (χ3v) is 0.135. The summed E-state index contributed by atoms with van der Waals surface area (Å²) < 4.78 is 0. The van der Waals surface area contributed by atoms with E-state index in [1.54, 1.807) is 0 Å². The molecule has 3 nitrogen and oxygen atoms in total. The van der Waals surface area contributed by atoms with Gasteiger partial charge in [-0.25, -0.2) is 4.79 Å². The molecule has 0 aromatic carbocycles. The second-order valence-electron chi connectivity index (χ2n) is 0.441. The van der Waals surface area contributed by atoms with Crippen LogP contribution >= 0.6 is 0 Å². The predicted molar refractivity (Wildman–Crippen MR) is 17.6 cm³/mol. The van der Waals surface area contributed by atoms with E-state index in [1.807, 2.05) is 0 Å². The Labute approximate surface area is 29.0 Å². The minimum Gasteiger partial charge on any atom is -0.463 e. The molecule has 0 atom stereocenters. The lowest BCUT2D eigenvalue weighted by molar-refractivity contribution is 0.206. The smallest absolute Gasteiger partial charge is 0.430 e. The van der Waals surface area contributed by atoms with E-state index in [9.17, 15) is 0 Å². The lowest BCUT2D eigenvalue weighted by Crippen LogP contribution is -1.78. The van der Waals surface area contributed by atoms with Gasteiger partial charge in [0.25, 0.3) is 0 Å². The largest absolute Gasteiger partial charge is 0.463 e. The van der Waals surface area contributed by atoms with Gasteiger partial charge in [0.05, 0.1) is 0 Å². The Bertz CT molecular complexity index is 58.7. The topological polar surface area (TPSA) is 49.7 Å². The maximum atomic E-state index is 9.14. The number of rotatable bonds is 0. The fourth-order valence-corrected chi connectivity index (χ4v) is 0. The Morgan fingerprint density at radius 1 is 2.00 bits per heavy atom. The summed E-state index contributed by atoms with van der Waals surface area (Å²) >= 11 is 0. The van der Waals surface area contributed by atoms with E-state index >= 15 is 0 Å². The highest BCUT2D eigenvalue weighted by atomic mass is 16.4. The van der Waals surface area contributed by atoms with Gasteiger partial charge in [-0.15, -0.1) is 0 Å². The second kappa shape index (κ2) is 1.46. The molecule has 0 aliphatic carbocycles. The number of hydrogen-bond donors (Lipinski definition) is 1. The highest BCUT2D eigenvalue weighted by molar-refractivity contribution is 5.70. The Balaban J connectivity index is 3.20. The molecule has 0 bridgehead atoms. The maximum Gasteiger partial charge on any atom is 0.430 e. The molecule has 0 saturated heterocycles. The van der Waals surface area contributed by atoms with E-state index in [4.69, 9.17) is 9.90 Å². The van der Waals surface area contributed by atoms with Crippen molar-refractivity contribution >= 4 is 12.8 Å². The highest BCUT2D eigenvalue weighted by Crippen LogP contribution is 1.59. The van der Waals surface area contributed by atoms with Gasteiger partial charge in [0.2, 0.25) is 0 Å². The summed E-state index contributed by atoms with van der Waals surface area (Å²) in [6.07, 6.45) is -1.23. The molecule has 0 fully saturated rings. The van der Waals surface area contributed by atoms with Crippen LogP contribution in [0.1, 0.15) is 0 Å². The molecule has 0 heterocycles. The number of carboxylic acid groups (broad SMARTS) is 1. The molecule has 0 saturated carbocycles. The van der Waals surface area contributed by atoms with Gasteiger partial charge in [-0.05, 0) is 6.72 Å². The van der Waals surface area contributed by atoms with Crippen LogP contribution in [0.15, 0.2) is 4.99 Å². The van der Waals surface area contributed by atoms with Crippen molar-refractivity contribution in [1.82, 2.24) is 0 Å². The SMILES string of the molecule is C=NC(=O)O. The Morgan fingerprint density at radius 3 is 2.20 bits per heavy atom. The molecule has 3 heteroatoms. The summed E-state index contributed by atoms with van der Waals surface area (Å²) in [6, 6.07) is 0. The molecule has 0 radical (unpaired) electrons. The zero-order valence-electron chi connectivity index (χ0n) is 2.51. The molecule has 0 aromatic heterocycles. The number of amides is 1. The first kappa shape index (κ1) is 4.14. The highest BCUT2D eigenvalue weighted by Gasteiger charge is 1.74. The molecule has 0 rings (SSSR count). The summed E-state index contributed by atoms with van der Waals surface area (Å²) in [5.41, 5.74) is 0. The number of aliphatic imine (C=N–C) groups is 1. The van der Waals surface area contributed by atoms with Gasteiger partial charge in [-0.3, -0.25) is 0 Å². The van der Waals surface area contributed by atoms with Crippen molar-refractivity contribution in [2.24, 2.45) is 4.99 Å². The van der Waals surface area contributed by atoms with Gasteiger partial charge in [-0.2, -0.15) is 4.99 Å². The summed E-state index contributed by atoms with van der Waals surface area (Å²) in [5, 5.41) is 7.49. The van der Waals surface area contributed by atoms with Crippen molar-refractivity contribution in [1.29, 1.82) is 0 Å². The zero-order chi connectivity index (χ0) is 4.28. The first-order chi connectivity index (χ1) is 2.27. The molecule has 1 amide bonds. The van der Waals surface area contributed by atoms with Crippen LogP contribution < -0.4 is 0 Å². The van der Waals surface area contributed by atoms with Crippen LogP contribution in [0.4, 0.5) is 4.79 Å². The standard InChI is InChI=1S/C2H3NO2/c1-3-2(4)5/h1H2,(H,4,5). The summed E-state index contributed by atoms with van der Waals surface area (Å²) in [6.45, 7) is 2.71. The molecule has 28 valence electrons. The van der Waals surface area contributed by atoms with E-state index < -0.39 is 6.09 Å². The van der Waals surface area contributed by atoms with Crippen molar-refractivity contribution in [3.05, 3.63) is 0 Å². The molecule has 1 N–H and O–H groups in total. The van der Waals surface area contributed by atoms with Gasteiger partial charge in [0.15, 0.2) is 0 Å². The van der Waals surface area contributed by atoms with Crippen LogP contribution in [0.25, 0.3) is 0 Å². The molecule has 0 spiro atoms. The molecule has 5 heavy (non-hydrogen) atoms. The Hall–Kier alpha value is -0.860.